The zero-order chi connectivity index (χ0) is 19.1. The number of rotatable bonds is 5. The van der Waals surface area contributed by atoms with Crippen molar-refractivity contribution in [1.29, 1.82) is 0 Å². The third kappa shape index (κ3) is 3.76. The molecule has 0 saturated heterocycles. The molecular weight excluding hydrogens is 360 g/mol. The van der Waals surface area contributed by atoms with Crippen LogP contribution >= 0.6 is 12.2 Å². The molecule has 7 nitrogen and oxygen atoms in total. The highest BCUT2D eigenvalue weighted by molar-refractivity contribution is 7.80. The molecule has 2 aromatic heterocycles. The van der Waals surface area contributed by atoms with Crippen molar-refractivity contribution in [3.05, 3.63) is 23.0 Å². The zero-order valence-corrected chi connectivity index (χ0v) is 16.8. The average Bonchev–Trinajstić information content (AvgIpc) is 3.56. The highest BCUT2D eigenvalue weighted by atomic mass is 32.1. The van der Waals surface area contributed by atoms with Gasteiger partial charge in [-0.3, -0.25) is 20.3 Å². The number of carbonyl (C=O) groups excluding carboxylic acids is 1. The lowest BCUT2D eigenvalue weighted by molar-refractivity contribution is 0.0945. The molecule has 2 aromatic rings. The van der Waals surface area contributed by atoms with Crippen molar-refractivity contribution < 1.29 is 4.79 Å². The third-order valence-electron chi connectivity index (χ3n) is 5.32. The quantitative estimate of drug-likeness (QED) is 0.541. The molecule has 2 aliphatic rings. The van der Waals surface area contributed by atoms with E-state index in [0.29, 0.717) is 22.5 Å². The predicted molar refractivity (Wildman–Crippen MR) is 109 cm³/mol. The molecule has 2 aliphatic carbocycles. The maximum atomic E-state index is 13.0. The second kappa shape index (κ2) is 7.07. The van der Waals surface area contributed by atoms with E-state index in [4.69, 9.17) is 17.2 Å². The van der Waals surface area contributed by atoms with Crippen LogP contribution in [-0.4, -0.2) is 31.8 Å². The predicted octanol–water partition coefficient (Wildman–Crippen LogP) is 2.63. The molecule has 27 heavy (non-hydrogen) atoms. The van der Waals surface area contributed by atoms with Gasteiger partial charge in [0.05, 0.1) is 16.6 Å². The third-order valence-corrected chi connectivity index (χ3v) is 5.54. The Kier molecular flexibility index (Phi) is 4.75. The van der Waals surface area contributed by atoms with E-state index in [1.54, 1.807) is 0 Å². The summed E-state index contributed by atoms with van der Waals surface area (Å²) >= 11 is 5.25. The number of thiocarbonyl (C=S) groups is 1. The Hall–Kier alpha value is -2.22. The summed E-state index contributed by atoms with van der Waals surface area (Å²) < 4.78 is 1.81. The summed E-state index contributed by atoms with van der Waals surface area (Å²) in [4.78, 5) is 17.8. The van der Waals surface area contributed by atoms with Gasteiger partial charge in [0, 0.05) is 30.6 Å². The molecule has 144 valence electrons. The number of hydrazine groups is 1. The van der Waals surface area contributed by atoms with Gasteiger partial charge in [0.25, 0.3) is 5.91 Å². The van der Waals surface area contributed by atoms with Crippen LogP contribution in [0.15, 0.2) is 6.07 Å². The number of amides is 1. The Balaban J connectivity index is 1.63. The number of carbonyl (C=O) groups is 1. The van der Waals surface area contributed by atoms with Crippen LogP contribution in [0.1, 0.15) is 79.5 Å². The van der Waals surface area contributed by atoms with E-state index in [-0.39, 0.29) is 11.9 Å². The molecule has 1 amide bonds. The first-order valence-corrected chi connectivity index (χ1v) is 10.1. The second-order valence-electron chi connectivity index (χ2n) is 7.71. The molecule has 0 unspecified atom stereocenters. The van der Waals surface area contributed by atoms with E-state index < -0.39 is 0 Å². The van der Waals surface area contributed by atoms with E-state index in [2.05, 4.69) is 28.2 Å². The van der Waals surface area contributed by atoms with Crippen molar-refractivity contribution in [2.24, 2.45) is 7.05 Å². The monoisotopic (exact) mass is 386 g/mol. The fraction of sp³-hybridized carbons (Fsp3) is 0.579. The number of fused-ring (bicyclic) bond motifs is 1. The SMILES string of the molecule is CC[C@@H](C)NC(=S)NNC(=O)c1cc(C2CC2)nc2c1c(C1CC1)nn2C. The molecular formula is C19H26N6OS. The normalized spacial score (nSPS) is 17.6. The lowest BCUT2D eigenvalue weighted by atomic mass is 10.1. The van der Waals surface area contributed by atoms with E-state index >= 15 is 0 Å². The molecule has 4 rings (SSSR count). The number of nitrogens with one attached hydrogen (secondary N) is 3. The molecule has 3 N–H and O–H groups in total. The Labute approximate surface area is 164 Å². The van der Waals surface area contributed by atoms with Crippen molar-refractivity contribution in [2.75, 3.05) is 0 Å². The minimum absolute atomic E-state index is 0.201. The minimum Gasteiger partial charge on any atom is -0.359 e. The van der Waals surface area contributed by atoms with E-state index in [1.807, 2.05) is 24.7 Å². The van der Waals surface area contributed by atoms with Gasteiger partial charge >= 0.3 is 0 Å². The maximum Gasteiger partial charge on any atom is 0.270 e. The summed E-state index contributed by atoms with van der Waals surface area (Å²) in [6.07, 6.45) is 5.46. The fourth-order valence-electron chi connectivity index (χ4n) is 3.25. The van der Waals surface area contributed by atoms with Gasteiger partial charge in [-0.15, -0.1) is 0 Å². The van der Waals surface area contributed by atoms with Crippen molar-refractivity contribution in [3.8, 4) is 0 Å². The molecule has 2 heterocycles. The van der Waals surface area contributed by atoms with E-state index in [0.717, 1.165) is 54.5 Å². The highest BCUT2D eigenvalue weighted by Gasteiger charge is 2.33. The molecule has 0 aromatic carbocycles. The highest BCUT2D eigenvalue weighted by Crippen LogP contribution is 2.45. The van der Waals surface area contributed by atoms with E-state index in [1.165, 1.54) is 0 Å². The molecule has 2 fully saturated rings. The first-order chi connectivity index (χ1) is 13.0. The molecule has 0 bridgehead atoms. The summed E-state index contributed by atoms with van der Waals surface area (Å²) in [5, 5.41) is 9.11. The average molecular weight is 387 g/mol. The number of hydrogen-bond donors (Lipinski definition) is 3. The largest absolute Gasteiger partial charge is 0.359 e. The van der Waals surface area contributed by atoms with Crippen molar-refractivity contribution >= 4 is 34.3 Å². The Morgan fingerprint density at radius 3 is 2.63 bits per heavy atom. The topological polar surface area (TPSA) is 83.9 Å². The first-order valence-electron chi connectivity index (χ1n) is 9.72. The van der Waals surface area contributed by atoms with E-state index in [9.17, 15) is 4.79 Å². The van der Waals surface area contributed by atoms with Gasteiger partial charge in [-0.25, -0.2) is 4.98 Å². The van der Waals surface area contributed by atoms with Crippen molar-refractivity contribution in [3.63, 3.8) is 0 Å². The van der Waals surface area contributed by atoms with Crippen LogP contribution in [0.4, 0.5) is 0 Å². The minimum atomic E-state index is -0.201. The lowest BCUT2D eigenvalue weighted by Gasteiger charge is -2.16. The summed E-state index contributed by atoms with van der Waals surface area (Å²) in [7, 11) is 1.91. The van der Waals surface area contributed by atoms with Crippen molar-refractivity contribution in [1.82, 2.24) is 30.9 Å². The lowest BCUT2D eigenvalue weighted by Crippen LogP contribution is -2.49. The zero-order valence-electron chi connectivity index (χ0n) is 16.0. The molecule has 1 atom stereocenters. The smallest absolute Gasteiger partial charge is 0.270 e. The van der Waals surface area contributed by atoms with Crippen molar-refractivity contribution in [2.45, 2.75) is 63.8 Å². The first kappa shape index (κ1) is 18.2. The summed E-state index contributed by atoms with van der Waals surface area (Å²) in [5.41, 5.74) is 8.98. The van der Waals surface area contributed by atoms with Gasteiger partial charge in [0.15, 0.2) is 10.8 Å². The number of pyridine rings is 1. The van der Waals surface area contributed by atoms with Crippen LogP contribution < -0.4 is 16.2 Å². The summed E-state index contributed by atoms with van der Waals surface area (Å²) in [6.45, 7) is 4.12. The van der Waals surface area contributed by atoms with Gasteiger partial charge in [0.2, 0.25) is 0 Å². The van der Waals surface area contributed by atoms with Crippen LogP contribution in [0.2, 0.25) is 0 Å². The molecule has 0 aliphatic heterocycles. The number of nitrogens with zero attached hydrogens (tertiary/aromatic N) is 3. The Morgan fingerprint density at radius 1 is 1.30 bits per heavy atom. The van der Waals surface area contributed by atoms with Gasteiger partial charge in [-0.2, -0.15) is 5.10 Å². The van der Waals surface area contributed by atoms with Gasteiger partial charge in [0.1, 0.15) is 0 Å². The standard InChI is InChI=1S/C19H26N6OS/c1-4-10(2)20-19(27)23-22-18(26)13-9-14(11-5-6-11)21-17-15(13)16(12-7-8-12)24-25(17)3/h9-12H,4-8H2,1-3H3,(H,22,26)(H2,20,23,27)/t10-/m1/s1. The Bertz CT molecular complexity index is 899. The maximum absolute atomic E-state index is 13.0. The number of aryl methyl sites for hydroxylation is 1. The molecule has 0 radical (unpaired) electrons. The fourth-order valence-corrected chi connectivity index (χ4v) is 3.50. The molecule has 8 heteroatoms. The Morgan fingerprint density at radius 2 is 2.00 bits per heavy atom. The number of aromatic nitrogens is 3. The second-order valence-corrected chi connectivity index (χ2v) is 8.12. The van der Waals surface area contributed by atoms with Crippen LogP contribution in [0.3, 0.4) is 0 Å². The number of hydrogen-bond acceptors (Lipinski definition) is 4. The van der Waals surface area contributed by atoms with Crippen LogP contribution in [-0.2, 0) is 7.05 Å². The molecule has 0 spiro atoms. The van der Waals surface area contributed by atoms with Gasteiger partial charge < -0.3 is 5.32 Å². The van der Waals surface area contributed by atoms with Gasteiger partial charge in [-0.1, -0.05) is 6.92 Å². The molecule has 2 saturated carbocycles. The van der Waals surface area contributed by atoms with Crippen LogP contribution in [0.25, 0.3) is 11.0 Å². The van der Waals surface area contributed by atoms with Crippen LogP contribution in [0, 0.1) is 0 Å². The summed E-state index contributed by atoms with van der Waals surface area (Å²) in [6, 6.07) is 2.19. The van der Waals surface area contributed by atoms with Gasteiger partial charge in [-0.05, 0) is 57.3 Å². The van der Waals surface area contributed by atoms with Crippen LogP contribution in [0.5, 0.6) is 0 Å². The summed E-state index contributed by atoms with van der Waals surface area (Å²) in [5.74, 6) is 0.698.